The summed E-state index contributed by atoms with van der Waals surface area (Å²) < 4.78 is 0. The molecule has 1 heterocycles. The zero-order valence-electron chi connectivity index (χ0n) is 10.3. The normalized spacial score (nSPS) is 13.6. The van der Waals surface area contributed by atoms with Gasteiger partial charge >= 0.3 is 0 Å². The number of hydrogen-bond donors (Lipinski definition) is 1. The zero-order chi connectivity index (χ0) is 13.2. The molecule has 0 bridgehead atoms. The summed E-state index contributed by atoms with van der Waals surface area (Å²) in [6.45, 7) is 0.664. The van der Waals surface area contributed by atoms with Gasteiger partial charge in [0.1, 0.15) is 0 Å². The maximum Gasteiger partial charge on any atom is 0.251 e. The molecule has 0 aliphatic carbocycles. The smallest absolute Gasteiger partial charge is 0.251 e. The van der Waals surface area contributed by atoms with Gasteiger partial charge in [-0.05, 0) is 18.1 Å². The minimum Gasteiger partial charge on any atom is -0.352 e. The summed E-state index contributed by atoms with van der Waals surface area (Å²) >= 11 is 0. The molecule has 0 aromatic heterocycles. The van der Waals surface area contributed by atoms with Gasteiger partial charge in [-0.3, -0.25) is 9.59 Å². The van der Waals surface area contributed by atoms with E-state index in [4.69, 9.17) is 0 Å². The number of rotatable bonds is 2. The van der Waals surface area contributed by atoms with Crippen molar-refractivity contribution in [3.63, 3.8) is 0 Å². The second-order valence-electron chi connectivity index (χ2n) is 4.57. The van der Waals surface area contributed by atoms with Crippen LogP contribution < -0.4 is 5.32 Å². The summed E-state index contributed by atoms with van der Waals surface area (Å²) in [5.74, 6) is -0.147. The molecule has 2 aromatic rings. The maximum absolute atomic E-state index is 12.3. The number of benzene rings is 2. The first-order chi connectivity index (χ1) is 9.25. The fourth-order valence-corrected chi connectivity index (χ4v) is 2.31. The average Bonchev–Trinajstić information content (AvgIpc) is 2.47. The Balaban J connectivity index is 2.01. The van der Waals surface area contributed by atoms with E-state index in [-0.39, 0.29) is 11.7 Å². The van der Waals surface area contributed by atoms with Gasteiger partial charge in [-0.2, -0.15) is 0 Å². The van der Waals surface area contributed by atoms with Gasteiger partial charge in [0.25, 0.3) is 5.91 Å². The lowest BCUT2D eigenvalue weighted by molar-refractivity contribution is 0.0946. The highest BCUT2D eigenvalue weighted by molar-refractivity contribution is 6.10. The topological polar surface area (TPSA) is 46.2 Å². The number of hydrogen-bond acceptors (Lipinski definition) is 2. The van der Waals surface area contributed by atoms with E-state index < -0.39 is 0 Å². The highest BCUT2D eigenvalue weighted by Crippen LogP contribution is 2.18. The Hall–Kier alpha value is -2.42. The lowest BCUT2D eigenvalue weighted by Crippen LogP contribution is -2.32. The van der Waals surface area contributed by atoms with Crippen molar-refractivity contribution in [2.45, 2.75) is 6.42 Å². The van der Waals surface area contributed by atoms with E-state index >= 15 is 0 Å². The molecule has 0 unspecified atom stereocenters. The average molecular weight is 251 g/mol. The van der Waals surface area contributed by atoms with Crippen LogP contribution in [0.25, 0.3) is 0 Å². The predicted octanol–water partition coefficient (Wildman–Crippen LogP) is 2.20. The second-order valence-corrected chi connectivity index (χ2v) is 4.57. The van der Waals surface area contributed by atoms with Crippen molar-refractivity contribution < 1.29 is 9.59 Å². The molecule has 1 aliphatic heterocycles. The van der Waals surface area contributed by atoms with E-state index in [9.17, 15) is 9.59 Å². The predicted molar refractivity (Wildman–Crippen MR) is 72.4 cm³/mol. The van der Waals surface area contributed by atoms with Crippen LogP contribution in [0.15, 0.2) is 48.5 Å². The van der Waals surface area contributed by atoms with Crippen molar-refractivity contribution in [1.29, 1.82) is 0 Å². The fraction of sp³-hybridized carbons (Fsp3) is 0.125. The van der Waals surface area contributed by atoms with Crippen molar-refractivity contribution in [2.24, 2.45) is 0 Å². The van der Waals surface area contributed by atoms with E-state index in [0.29, 0.717) is 23.2 Å². The monoisotopic (exact) mass is 251 g/mol. The molecule has 1 N–H and O–H groups in total. The van der Waals surface area contributed by atoms with E-state index in [2.05, 4.69) is 5.32 Å². The van der Waals surface area contributed by atoms with Crippen LogP contribution in [0.4, 0.5) is 0 Å². The first kappa shape index (κ1) is 11.7. The molecule has 0 saturated carbocycles. The summed E-state index contributed by atoms with van der Waals surface area (Å²) in [5.41, 5.74) is 2.82. The van der Waals surface area contributed by atoms with Crippen molar-refractivity contribution in [3.8, 4) is 0 Å². The first-order valence-corrected chi connectivity index (χ1v) is 6.26. The minimum absolute atomic E-state index is 0.0539. The maximum atomic E-state index is 12.3. The van der Waals surface area contributed by atoms with E-state index in [1.54, 1.807) is 24.3 Å². The molecule has 3 heteroatoms. The van der Waals surface area contributed by atoms with E-state index in [1.165, 1.54) is 0 Å². The van der Waals surface area contributed by atoms with E-state index in [1.807, 2.05) is 24.3 Å². The number of fused-ring (bicyclic) bond motifs is 1. The van der Waals surface area contributed by atoms with Gasteiger partial charge in [0.05, 0.1) is 0 Å². The van der Waals surface area contributed by atoms with Gasteiger partial charge < -0.3 is 5.32 Å². The third-order valence-corrected chi connectivity index (χ3v) is 3.33. The van der Waals surface area contributed by atoms with Crippen LogP contribution in [0.5, 0.6) is 0 Å². The number of nitrogens with one attached hydrogen (secondary N) is 1. The Kier molecular flexibility index (Phi) is 2.88. The van der Waals surface area contributed by atoms with E-state index in [0.717, 1.165) is 12.0 Å². The molecule has 3 nitrogen and oxygen atoms in total. The lowest BCUT2D eigenvalue weighted by atomic mass is 9.94. The molecule has 1 amide bonds. The Bertz CT molecular complexity index is 647. The molecule has 0 atom stereocenters. The van der Waals surface area contributed by atoms with Crippen molar-refractivity contribution in [1.82, 2.24) is 5.32 Å². The molecule has 2 aromatic carbocycles. The number of carbonyl (C=O) groups is 2. The third-order valence-electron chi connectivity index (χ3n) is 3.33. The summed E-state index contributed by atoms with van der Waals surface area (Å²) in [7, 11) is 0. The molecule has 0 spiro atoms. The largest absolute Gasteiger partial charge is 0.352 e. The second kappa shape index (κ2) is 4.69. The Morgan fingerprint density at radius 3 is 2.58 bits per heavy atom. The summed E-state index contributed by atoms with van der Waals surface area (Å²) in [6, 6.07) is 14.5. The lowest BCUT2D eigenvalue weighted by Gasteiger charge is -2.16. The van der Waals surface area contributed by atoms with Crippen LogP contribution in [0, 0.1) is 0 Å². The highest BCUT2D eigenvalue weighted by atomic mass is 16.1. The molecular formula is C16H13NO2. The Morgan fingerprint density at radius 2 is 1.79 bits per heavy atom. The van der Waals surface area contributed by atoms with Gasteiger partial charge in [0.2, 0.25) is 0 Å². The molecule has 3 rings (SSSR count). The first-order valence-electron chi connectivity index (χ1n) is 6.26. The fourth-order valence-electron chi connectivity index (χ4n) is 2.31. The summed E-state index contributed by atoms with van der Waals surface area (Å²) in [5, 5.41) is 2.79. The molecule has 1 aliphatic rings. The zero-order valence-corrected chi connectivity index (χ0v) is 10.3. The minimum atomic E-state index is -0.0936. The summed E-state index contributed by atoms with van der Waals surface area (Å²) in [4.78, 5) is 24.1. The molecule has 19 heavy (non-hydrogen) atoms. The highest BCUT2D eigenvalue weighted by Gasteiger charge is 2.18. The number of carbonyl (C=O) groups excluding carboxylic acids is 2. The molecule has 0 radical (unpaired) electrons. The van der Waals surface area contributed by atoms with Crippen LogP contribution in [0.1, 0.15) is 31.8 Å². The summed E-state index contributed by atoms with van der Waals surface area (Å²) in [6.07, 6.45) is 0.820. The van der Waals surface area contributed by atoms with Crippen LogP contribution in [0.2, 0.25) is 0 Å². The van der Waals surface area contributed by atoms with Gasteiger partial charge in [0, 0.05) is 23.2 Å². The van der Waals surface area contributed by atoms with Gasteiger partial charge in [-0.15, -0.1) is 0 Å². The van der Waals surface area contributed by atoms with Gasteiger partial charge in [-0.1, -0.05) is 42.5 Å². The van der Waals surface area contributed by atoms with Crippen molar-refractivity contribution >= 4 is 11.7 Å². The number of amides is 1. The Morgan fingerprint density at radius 1 is 1.00 bits per heavy atom. The van der Waals surface area contributed by atoms with Crippen molar-refractivity contribution in [2.75, 3.05) is 6.54 Å². The quantitative estimate of drug-likeness (QED) is 0.832. The molecule has 0 saturated heterocycles. The van der Waals surface area contributed by atoms with Crippen molar-refractivity contribution in [3.05, 3.63) is 70.8 Å². The van der Waals surface area contributed by atoms with Crippen LogP contribution >= 0.6 is 0 Å². The molecular weight excluding hydrogens is 238 g/mol. The van der Waals surface area contributed by atoms with Crippen LogP contribution in [-0.4, -0.2) is 18.2 Å². The SMILES string of the molecule is O=C(c1ccccc1)c1ccc2c(c1)C(=O)NCC2. The van der Waals surface area contributed by atoms with Crippen LogP contribution in [0.3, 0.4) is 0 Å². The molecule has 0 fully saturated rings. The van der Waals surface area contributed by atoms with Gasteiger partial charge in [-0.25, -0.2) is 0 Å². The molecule has 94 valence electrons. The number of ketones is 1. The third kappa shape index (κ3) is 2.15. The van der Waals surface area contributed by atoms with Crippen LogP contribution in [-0.2, 0) is 6.42 Å². The Labute approximate surface area is 111 Å². The standard InChI is InChI=1S/C16H13NO2/c18-15(12-4-2-1-3-5-12)13-7-6-11-8-9-17-16(19)14(11)10-13/h1-7,10H,8-9H2,(H,17,19). The van der Waals surface area contributed by atoms with Gasteiger partial charge in [0.15, 0.2) is 5.78 Å².